The van der Waals surface area contributed by atoms with Crippen LogP contribution in [0, 0.1) is 5.92 Å². The van der Waals surface area contributed by atoms with Crippen molar-refractivity contribution in [1.82, 2.24) is 14.5 Å². The first-order valence-corrected chi connectivity index (χ1v) is 15.4. The van der Waals surface area contributed by atoms with Crippen molar-refractivity contribution in [2.45, 2.75) is 32.9 Å². The van der Waals surface area contributed by atoms with Crippen LogP contribution in [0.3, 0.4) is 0 Å². The maximum Gasteiger partial charge on any atom is 0.304 e. The van der Waals surface area contributed by atoms with Crippen LogP contribution in [-0.4, -0.2) is 62.7 Å². The molecule has 0 saturated carbocycles. The van der Waals surface area contributed by atoms with Crippen molar-refractivity contribution >= 4 is 50.9 Å². The Labute approximate surface area is 253 Å². The smallest absolute Gasteiger partial charge is 0.304 e. The molecule has 1 unspecified atom stereocenters. The third-order valence-corrected chi connectivity index (χ3v) is 8.91. The Bertz CT molecular complexity index is 1420. The van der Waals surface area contributed by atoms with E-state index in [0.717, 1.165) is 14.2 Å². The molecule has 0 fully saturated rings. The zero-order chi connectivity index (χ0) is 30.2. The summed E-state index contributed by atoms with van der Waals surface area (Å²) in [6.07, 6.45) is 0.226. The summed E-state index contributed by atoms with van der Waals surface area (Å²) >= 11 is 12.4. The van der Waals surface area contributed by atoms with Crippen LogP contribution in [0.4, 0.5) is 5.69 Å². The van der Waals surface area contributed by atoms with Gasteiger partial charge in [-0.15, -0.1) is 0 Å². The van der Waals surface area contributed by atoms with E-state index in [2.05, 4.69) is 5.32 Å². The second-order valence-corrected chi connectivity index (χ2v) is 13.1. The number of halogens is 2. The van der Waals surface area contributed by atoms with Crippen LogP contribution >= 0.6 is 23.2 Å². The van der Waals surface area contributed by atoms with E-state index in [9.17, 15) is 18.0 Å². The van der Waals surface area contributed by atoms with E-state index in [-0.39, 0.29) is 24.8 Å². The van der Waals surface area contributed by atoms with Crippen LogP contribution in [0.15, 0.2) is 78.9 Å². The number of hydrogen-bond donors (Lipinski definition) is 1. The van der Waals surface area contributed by atoms with Crippen LogP contribution in [0.5, 0.6) is 0 Å². The van der Waals surface area contributed by atoms with Crippen molar-refractivity contribution < 1.29 is 18.0 Å². The average Bonchev–Trinajstić information content (AvgIpc) is 2.94. The highest BCUT2D eigenvalue weighted by Crippen LogP contribution is 2.25. The highest BCUT2D eigenvalue weighted by Gasteiger charge is 2.34. The summed E-state index contributed by atoms with van der Waals surface area (Å²) < 4.78 is 28.8. The zero-order valence-corrected chi connectivity index (χ0v) is 26.0. The Kier molecular flexibility index (Phi) is 11.6. The molecule has 3 aromatic carbocycles. The summed E-state index contributed by atoms with van der Waals surface area (Å²) in [5, 5.41) is 3.62. The van der Waals surface area contributed by atoms with Gasteiger partial charge in [-0.2, -0.15) is 12.7 Å². The van der Waals surface area contributed by atoms with Gasteiger partial charge in [0.05, 0.1) is 15.7 Å². The number of carbonyl (C=O) groups is 2. The highest BCUT2D eigenvalue weighted by atomic mass is 35.5. The molecule has 0 spiro atoms. The van der Waals surface area contributed by atoms with E-state index in [1.807, 2.05) is 44.2 Å². The van der Waals surface area contributed by atoms with Crippen molar-refractivity contribution in [3.8, 4) is 0 Å². The molecule has 0 aromatic heterocycles. The fourth-order valence-corrected chi connectivity index (χ4v) is 5.50. The number of amides is 2. The Morgan fingerprint density at radius 2 is 1.46 bits per heavy atom. The molecule has 2 amide bonds. The predicted octanol–water partition coefficient (Wildman–Crippen LogP) is 5.02. The van der Waals surface area contributed by atoms with Crippen molar-refractivity contribution in [3.05, 3.63) is 100 Å². The van der Waals surface area contributed by atoms with Gasteiger partial charge in [-0.3, -0.25) is 9.59 Å². The molecule has 3 rings (SSSR count). The molecule has 0 bridgehead atoms. The zero-order valence-electron chi connectivity index (χ0n) is 23.6. The molecular weight excluding hydrogens is 583 g/mol. The lowest BCUT2D eigenvalue weighted by Crippen LogP contribution is -2.54. The van der Waals surface area contributed by atoms with Gasteiger partial charge in [-0.25, -0.2) is 4.31 Å². The van der Waals surface area contributed by atoms with Crippen LogP contribution in [0.1, 0.15) is 25.0 Å². The molecule has 0 heterocycles. The minimum absolute atomic E-state index is 0.00691. The van der Waals surface area contributed by atoms with Crippen LogP contribution in [-0.2, 0) is 32.8 Å². The van der Waals surface area contributed by atoms with Crippen LogP contribution in [0.2, 0.25) is 10.0 Å². The number of hydrogen-bond acceptors (Lipinski definition) is 4. The van der Waals surface area contributed by atoms with E-state index in [0.29, 0.717) is 27.8 Å². The van der Waals surface area contributed by atoms with Gasteiger partial charge >= 0.3 is 10.2 Å². The fourth-order valence-electron chi connectivity index (χ4n) is 4.12. The van der Waals surface area contributed by atoms with Gasteiger partial charge in [0.25, 0.3) is 0 Å². The van der Waals surface area contributed by atoms with Gasteiger partial charge in [0.15, 0.2) is 0 Å². The number of carbonyl (C=O) groups excluding carboxylic acids is 2. The lowest BCUT2D eigenvalue weighted by molar-refractivity contribution is -0.140. The average molecular weight is 620 g/mol. The van der Waals surface area contributed by atoms with Gasteiger partial charge < -0.3 is 10.2 Å². The molecule has 1 atom stereocenters. The molecule has 11 heteroatoms. The van der Waals surface area contributed by atoms with E-state index < -0.39 is 28.7 Å². The molecule has 3 aromatic rings. The van der Waals surface area contributed by atoms with E-state index in [4.69, 9.17) is 23.2 Å². The summed E-state index contributed by atoms with van der Waals surface area (Å²) in [6.45, 7) is 3.87. The number of nitrogens with one attached hydrogen (secondary N) is 1. The molecular formula is C30H36Cl2N4O4S. The maximum atomic E-state index is 14.2. The molecule has 0 aliphatic rings. The first-order chi connectivity index (χ1) is 19.4. The molecule has 220 valence electrons. The van der Waals surface area contributed by atoms with Crippen molar-refractivity contribution in [2.75, 3.05) is 31.5 Å². The van der Waals surface area contributed by atoms with Crippen LogP contribution < -0.4 is 9.62 Å². The normalized spacial score (nSPS) is 12.3. The van der Waals surface area contributed by atoms with Gasteiger partial charge in [0.2, 0.25) is 11.8 Å². The molecule has 41 heavy (non-hydrogen) atoms. The Morgan fingerprint density at radius 3 is 2.02 bits per heavy atom. The minimum atomic E-state index is -4.05. The summed E-state index contributed by atoms with van der Waals surface area (Å²) in [5.74, 6) is -0.696. The summed E-state index contributed by atoms with van der Waals surface area (Å²) in [7, 11) is -1.24. The quantitative estimate of drug-likeness (QED) is 0.291. The van der Waals surface area contributed by atoms with Gasteiger partial charge in [0, 0.05) is 33.6 Å². The largest absolute Gasteiger partial charge is 0.354 e. The van der Waals surface area contributed by atoms with E-state index >= 15 is 0 Å². The Morgan fingerprint density at radius 1 is 0.854 bits per heavy atom. The monoisotopic (exact) mass is 618 g/mol. The number of nitrogens with zero attached hydrogens (tertiary/aromatic N) is 3. The number of benzene rings is 3. The SMILES string of the molecule is CC(C)CNC(=O)C(Cc1ccccc1)N(Cc1ccc(Cl)c(Cl)c1)C(=O)CN(c1ccccc1)S(=O)(=O)N(C)C. The lowest BCUT2D eigenvalue weighted by Gasteiger charge is -2.34. The standard InChI is InChI=1S/C30H36Cl2N4O4S/c1-22(2)19-33-30(38)28(18-23-11-7-5-8-12-23)35(20-24-15-16-26(31)27(32)17-24)29(37)21-36(41(39,40)34(3)4)25-13-9-6-10-14-25/h5-17,22,28H,18-21H2,1-4H3,(H,33,38). The topological polar surface area (TPSA) is 90.0 Å². The van der Waals surface area contributed by atoms with Gasteiger partial charge in [0.1, 0.15) is 12.6 Å². The highest BCUT2D eigenvalue weighted by molar-refractivity contribution is 7.90. The van der Waals surface area contributed by atoms with Crippen molar-refractivity contribution in [1.29, 1.82) is 0 Å². The van der Waals surface area contributed by atoms with Gasteiger partial charge in [-0.05, 0) is 41.3 Å². The van der Waals surface area contributed by atoms with Crippen LogP contribution in [0.25, 0.3) is 0 Å². The maximum absolute atomic E-state index is 14.2. The fraction of sp³-hybridized carbons (Fsp3) is 0.333. The minimum Gasteiger partial charge on any atom is -0.354 e. The third-order valence-electron chi connectivity index (χ3n) is 6.36. The number of anilines is 1. The van der Waals surface area contributed by atoms with Crippen molar-refractivity contribution in [3.63, 3.8) is 0 Å². The second-order valence-electron chi connectivity index (χ2n) is 10.2. The predicted molar refractivity (Wildman–Crippen MR) is 165 cm³/mol. The molecule has 0 aliphatic carbocycles. The molecule has 0 radical (unpaired) electrons. The number of para-hydroxylation sites is 1. The van der Waals surface area contributed by atoms with Crippen molar-refractivity contribution in [2.24, 2.45) is 5.92 Å². The molecule has 0 aliphatic heterocycles. The summed E-state index contributed by atoms with van der Waals surface area (Å²) in [4.78, 5) is 29.3. The Hall–Kier alpha value is -3.11. The third kappa shape index (κ3) is 8.94. The second kappa shape index (κ2) is 14.7. The Balaban J connectivity index is 2.09. The number of rotatable bonds is 13. The summed E-state index contributed by atoms with van der Waals surface area (Å²) in [5.41, 5.74) is 1.82. The summed E-state index contributed by atoms with van der Waals surface area (Å²) in [6, 6.07) is 21.8. The van der Waals surface area contributed by atoms with E-state index in [1.165, 1.54) is 19.0 Å². The molecule has 8 nitrogen and oxygen atoms in total. The lowest BCUT2D eigenvalue weighted by atomic mass is 10.0. The molecule has 0 saturated heterocycles. The van der Waals surface area contributed by atoms with E-state index in [1.54, 1.807) is 48.5 Å². The first kappa shape index (κ1) is 32.4. The molecule has 1 N–H and O–H groups in total. The first-order valence-electron chi connectivity index (χ1n) is 13.2. The van der Waals surface area contributed by atoms with Gasteiger partial charge in [-0.1, -0.05) is 91.6 Å².